The minimum Gasteiger partial charge on any atom is -0.357 e. The van der Waals surface area contributed by atoms with E-state index in [2.05, 4.69) is 30.2 Å². The van der Waals surface area contributed by atoms with Crippen LogP contribution in [0.5, 0.6) is 0 Å². The van der Waals surface area contributed by atoms with E-state index in [0.717, 1.165) is 11.9 Å². The molecule has 0 spiro atoms. The molecule has 0 bridgehead atoms. The molecular weight excluding hydrogens is 445 g/mol. The van der Waals surface area contributed by atoms with Crippen molar-refractivity contribution in [3.8, 4) is 11.5 Å². The van der Waals surface area contributed by atoms with Crippen LogP contribution in [0.1, 0.15) is 25.0 Å². The first-order valence-electron chi connectivity index (χ1n) is 9.67. The third-order valence-electron chi connectivity index (χ3n) is 5.38. The summed E-state index contributed by atoms with van der Waals surface area (Å²) in [5.41, 5.74) is 1.21. The number of aromatic amines is 1. The molecule has 3 aromatic rings. The van der Waals surface area contributed by atoms with Crippen molar-refractivity contribution < 1.29 is 12.8 Å². The number of pyridine rings is 1. The van der Waals surface area contributed by atoms with Gasteiger partial charge < -0.3 is 10.3 Å². The average Bonchev–Trinajstić information content (AvgIpc) is 3.15. The van der Waals surface area contributed by atoms with Crippen molar-refractivity contribution in [2.75, 3.05) is 25.5 Å². The second-order valence-corrected chi connectivity index (χ2v) is 9.68. The van der Waals surface area contributed by atoms with Gasteiger partial charge in [0.25, 0.3) is 0 Å². The van der Waals surface area contributed by atoms with Gasteiger partial charge in [0.15, 0.2) is 11.0 Å². The van der Waals surface area contributed by atoms with Gasteiger partial charge in [-0.1, -0.05) is 18.5 Å². The third kappa shape index (κ3) is 4.25. The van der Waals surface area contributed by atoms with Crippen molar-refractivity contribution in [2.24, 2.45) is 5.92 Å². The van der Waals surface area contributed by atoms with Gasteiger partial charge in [0.1, 0.15) is 16.4 Å². The van der Waals surface area contributed by atoms with E-state index >= 15 is 0 Å². The molecule has 4 heterocycles. The summed E-state index contributed by atoms with van der Waals surface area (Å²) in [6, 6.07) is 2.82. The van der Waals surface area contributed by atoms with Gasteiger partial charge in [0.2, 0.25) is 16.0 Å². The highest BCUT2D eigenvalue weighted by atomic mass is 35.5. The number of rotatable bonds is 5. The third-order valence-corrected chi connectivity index (χ3v) is 7.49. The normalized spacial score (nSPS) is 20.0. The topological polar surface area (TPSA) is 117 Å². The molecule has 3 aromatic heterocycles. The fourth-order valence-electron chi connectivity index (χ4n) is 3.73. The van der Waals surface area contributed by atoms with Crippen molar-refractivity contribution in [1.82, 2.24) is 29.2 Å². The number of aromatic nitrogens is 5. The first kappa shape index (κ1) is 21.6. The number of anilines is 1. The molecule has 1 fully saturated rings. The number of H-pyrrole nitrogens is 1. The lowest BCUT2D eigenvalue weighted by atomic mass is 9.86. The monoisotopic (exact) mass is 465 g/mol. The largest absolute Gasteiger partial charge is 0.357 e. The molecule has 2 N–H and O–H groups in total. The van der Waals surface area contributed by atoms with E-state index in [-0.39, 0.29) is 16.7 Å². The molecule has 0 aromatic carbocycles. The van der Waals surface area contributed by atoms with E-state index in [0.29, 0.717) is 42.1 Å². The van der Waals surface area contributed by atoms with Gasteiger partial charge >= 0.3 is 0 Å². The summed E-state index contributed by atoms with van der Waals surface area (Å²) in [5.74, 6) is 0.335. The number of piperidine rings is 1. The van der Waals surface area contributed by atoms with Gasteiger partial charge in [-0.2, -0.15) is 4.31 Å². The van der Waals surface area contributed by atoms with E-state index in [1.807, 2.05) is 6.92 Å². The maximum atomic E-state index is 13.1. The Kier molecular flexibility index (Phi) is 5.91. The molecule has 0 unspecified atom stereocenters. The lowest BCUT2D eigenvalue weighted by Crippen LogP contribution is -2.42. The van der Waals surface area contributed by atoms with E-state index in [4.69, 9.17) is 11.6 Å². The average molecular weight is 466 g/mol. The maximum absolute atomic E-state index is 13.1. The van der Waals surface area contributed by atoms with E-state index in [1.165, 1.54) is 28.8 Å². The summed E-state index contributed by atoms with van der Waals surface area (Å²) >= 11 is 6.38. The molecule has 12 heteroatoms. The zero-order valence-corrected chi connectivity index (χ0v) is 18.5. The Hall–Kier alpha value is -2.63. The number of hydrogen-bond donors (Lipinski definition) is 2. The number of sulfonamides is 1. The van der Waals surface area contributed by atoms with Crippen LogP contribution < -0.4 is 5.32 Å². The number of imidazole rings is 1. The Labute approximate surface area is 184 Å². The Morgan fingerprint density at radius 2 is 1.97 bits per heavy atom. The van der Waals surface area contributed by atoms with Gasteiger partial charge in [0, 0.05) is 26.1 Å². The molecule has 0 aliphatic carbocycles. The van der Waals surface area contributed by atoms with E-state index < -0.39 is 15.8 Å². The SMILES string of the molecule is CNc1ncc(S(=O)(=O)N2CC[C@@H](c3[nH]c(-c4ccc(F)cn4)nc3Cl)[C@@H](C)C2)cn1. The number of halogens is 2. The van der Waals surface area contributed by atoms with Crippen molar-refractivity contribution in [3.63, 3.8) is 0 Å². The summed E-state index contributed by atoms with van der Waals surface area (Å²) in [6.07, 6.45) is 4.29. The highest BCUT2D eigenvalue weighted by molar-refractivity contribution is 7.89. The van der Waals surface area contributed by atoms with E-state index in [1.54, 1.807) is 7.05 Å². The van der Waals surface area contributed by atoms with Crippen LogP contribution in [0.15, 0.2) is 35.6 Å². The lowest BCUT2D eigenvalue weighted by Gasteiger charge is -2.35. The van der Waals surface area contributed by atoms with Crippen molar-refractivity contribution in [3.05, 3.63) is 47.4 Å². The molecule has 31 heavy (non-hydrogen) atoms. The molecule has 0 saturated carbocycles. The van der Waals surface area contributed by atoms with Crippen LogP contribution in [0.4, 0.5) is 10.3 Å². The molecule has 164 valence electrons. The molecule has 0 amide bonds. The zero-order valence-electron chi connectivity index (χ0n) is 16.9. The molecule has 1 aliphatic heterocycles. The number of nitrogens with one attached hydrogen (secondary N) is 2. The quantitative estimate of drug-likeness (QED) is 0.594. The van der Waals surface area contributed by atoms with Gasteiger partial charge in [-0.05, 0) is 24.5 Å². The maximum Gasteiger partial charge on any atom is 0.246 e. The van der Waals surface area contributed by atoms with E-state index in [9.17, 15) is 12.8 Å². The Balaban J connectivity index is 1.52. The number of nitrogens with zero attached hydrogens (tertiary/aromatic N) is 5. The summed E-state index contributed by atoms with van der Waals surface area (Å²) in [5, 5.41) is 3.07. The van der Waals surface area contributed by atoms with Gasteiger partial charge in [-0.25, -0.2) is 32.7 Å². The minimum absolute atomic E-state index is 0.0106. The van der Waals surface area contributed by atoms with Gasteiger partial charge in [-0.3, -0.25) is 0 Å². The van der Waals surface area contributed by atoms with Crippen molar-refractivity contribution in [1.29, 1.82) is 0 Å². The fraction of sp³-hybridized carbons (Fsp3) is 0.368. The first-order valence-corrected chi connectivity index (χ1v) is 11.5. The van der Waals surface area contributed by atoms with Crippen LogP contribution in [0.3, 0.4) is 0 Å². The summed E-state index contributed by atoms with van der Waals surface area (Å²) in [4.78, 5) is 19.6. The Morgan fingerprint density at radius 1 is 1.23 bits per heavy atom. The Bertz CT molecular complexity index is 1170. The predicted octanol–water partition coefficient (Wildman–Crippen LogP) is 2.91. The van der Waals surface area contributed by atoms with Gasteiger partial charge in [-0.15, -0.1) is 0 Å². The molecule has 9 nitrogen and oxygen atoms in total. The van der Waals surface area contributed by atoms with Crippen molar-refractivity contribution >= 4 is 27.6 Å². The van der Waals surface area contributed by atoms with Crippen LogP contribution in [-0.4, -0.2) is 57.8 Å². The van der Waals surface area contributed by atoms with Gasteiger partial charge in [0.05, 0.1) is 24.3 Å². The molecule has 0 radical (unpaired) electrons. The minimum atomic E-state index is -3.70. The lowest BCUT2D eigenvalue weighted by molar-refractivity contribution is 0.246. The van der Waals surface area contributed by atoms with Crippen LogP contribution in [0.25, 0.3) is 11.5 Å². The molecule has 2 atom stereocenters. The summed E-state index contributed by atoms with van der Waals surface area (Å²) in [6.45, 7) is 2.62. The smallest absolute Gasteiger partial charge is 0.246 e. The van der Waals surface area contributed by atoms with Crippen LogP contribution in [0.2, 0.25) is 5.15 Å². The zero-order chi connectivity index (χ0) is 22.2. The molecule has 1 aliphatic rings. The second-order valence-electron chi connectivity index (χ2n) is 7.38. The molecule has 4 rings (SSSR count). The second kappa shape index (κ2) is 8.48. The molecule has 1 saturated heterocycles. The molecular formula is C19H21ClFN7O2S. The van der Waals surface area contributed by atoms with Crippen LogP contribution in [-0.2, 0) is 10.0 Å². The summed E-state index contributed by atoms with van der Waals surface area (Å²) < 4.78 is 40.6. The van der Waals surface area contributed by atoms with Crippen LogP contribution >= 0.6 is 11.6 Å². The summed E-state index contributed by atoms with van der Waals surface area (Å²) in [7, 11) is -2.04. The van der Waals surface area contributed by atoms with Crippen LogP contribution in [0, 0.1) is 11.7 Å². The number of hydrogen-bond acceptors (Lipinski definition) is 7. The highest BCUT2D eigenvalue weighted by Gasteiger charge is 2.36. The Morgan fingerprint density at radius 3 is 2.58 bits per heavy atom. The predicted molar refractivity (Wildman–Crippen MR) is 114 cm³/mol. The fourth-order valence-corrected chi connectivity index (χ4v) is 5.45. The standard InChI is InChI=1S/C19H21ClFN7O2S/c1-11-10-28(31(29,30)13-8-24-19(22-2)25-9-13)6-5-14(11)16-17(20)27-18(26-16)15-4-3-12(21)7-23-15/h3-4,7-9,11,14H,5-6,10H2,1-2H3,(H,26,27)(H,22,24,25)/t11-,14+/m0/s1. The highest BCUT2D eigenvalue weighted by Crippen LogP contribution is 2.37. The van der Waals surface area contributed by atoms with Crippen molar-refractivity contribution in [2.45, 2.75) is 24.2 Å². The first-order chi connectivity index (χ1) is 14.8.